The minimum Gasteiger partial charge on any atom is -0.359 e. The maximum absolute atomic E-state index is 12.7. The molecular weight excluding hydrogens is 342 g/mol. The monoisotopic (exact) mass is 361 g/mol. The molecule has 0 atom stereocenters. The van der Waals surface area contributed by atoms with E-state index in [0.717, 1.165) is 0 Å². The maximum Gasteiger partial charge on any atom is 0.264 e. The van der Waals surface area contributed by atoms with Crippen LogP contribution in [0.2, 0.25) is 0 Å². The summed E-state index contributed by atoms with van der Waals surface area (Å²) in [6, 6.07) is 15.4. The molecule has 126 valence electrons. The lowest BCUT2D eigenvalue weighted by Crippen LogP contribution is -2.28. The highest BCUT2D eigenvalue weighted by atomic mass is 32.2. The smallest absolute Gasteiger partial charge is 0.264 e. The van der Waals surface area contributed by atoms with E-state index < -0.39 is 10.0 Å². The van der Waals surface area contributed by atoms with Crippen LogP contribution in [0, 0.1) is 0 Å². The summed E-state index contributed by atoms with van der Waals surface area (Å²) in [5.74, 6) is 0. The highest BCUT2D eigenvalue weighted by Crippen LogP contribution is 2.22. The van der Waals surface area contributed by atoms with Crippen LogP contribution < -0.4 is 14.9 Å². The van der Waals surface area contributed by atoms with Crippen molar-refractivity contribution in [2.75, 3.05) is 23.2 Å². The van der Waals surface area contributed by atoms with Gasteiger partial charge in [-0.25, -0.2) is 8.42 Å². The maximum atomic E-state index is 12.7. The number of hydrogen-bond donors (Lipinski definition) is 2. The summed E-state index contributed by atoms with van der Waals surface area (Å²) in [4.78, 5) is 0.212. The summed E-state index contributed by atoms with van der Waals surface area (Å²) in [5, 5.41) is 6.37. The number of benzene rings is 2. The van der Waals surface area contributed by atoms with Crippen LogP contribution in [0.25, 0.3) is 0 Å². The quantitative estimate of drug-likeness (QED) is 0.612. The second kappa shape index (κ2) is 7.94. The summed E-state index contributed by atoms with van der Waals surface area (Å²) in [7, 11) is -2.07. The van der Waals surface area contributed by atoms with E-state index in [1.54, 1.807) is 54.6 Å². The van der Waals surface area contributed by atoms with Crippen molar-refractivity contribution >= 4 is 38.7 Å². The van der Waals surface area contributed by atoms with Gasteiger partial charge < -0.3 is 10.6 Å². The molecule has 0 saturated heterocycles. The molecule has 2 rings (SSSR count). The minimum absolute atomic E-state index is 0.212. The first kappa shape index (κ1) is 18.0. The van der Waals surface area contributed by atoms with Crippen molar-refractivity contribution in [1.29, 1.82) is 0 Å². The van der Waals surface area contributed by atoms with Gasteiger partial charge >= 0.3 is 0 Å². The third-order valence-electron chi connectivity index (χ3n) is 3.30. The molecule has 2 aromatic carbocycles. The molecule has 0 amide bonds. The molecule has 2 aromatic rings. The zero-order valence-electron chi connectivity index (χ0n) is 13.3. The van der Waals surface area contributed by atoms with Crippen LogP contribution in [0.5, 0.6) is 0 Å². The number of nitrogens with one attached hydrogen (secondary N) is 2. The zero-order valence-corrected chi connectivity index (χ0v) is 14.9. The van der Waals surface area contributed by atoms with E-state index >= 15 is 0 Å². The SMILES string of the molecule is C=CCNC(=S)Nc1ccc(S(=O)(=O)N(C)c2ccccc2)cc1. The first-order chi connectivity index (χ1) is 11.4. The van der Waals surface area contributed by atoms with Gasteiger partial charge in [0.05, 0.1) is 10.6 Å². The topological polar surface area (TPSA) is 61.4 Å². The van der Waals surface area contributed by atoms with Gasteiger partial charge in [0.25, 0.3) is 10.0 Å². The molecule has 0 aromatic heterocycles. The highest BCUT2D eigenvalue weighted by Gasteiger charge is 2.20. The normalized spacial score (nSPS) is 10.7. The summed E-state index contributed by atoms with van der Waals surface area (Å²) in [6.45, 7) is 4.15. The predicted molar refractivity (Wildman–Crippen MR) is 103 cm³/mol. The van der Waals surface area contributed by atoms with Crippen molar-refractivity contribution in [3.05, 3.63) is 67.3 Å². The number of nitrogens with zero attached hydrogens (tertiary/aromatic N) is 1. The van der Waals surface area contributed by atoms with E-state index in [9.17, 15) is 8.42 Å². The average molecular weight is 361 g/mol. The van der Waals surface area contributed by atoms with Crippen molar-refractivity contribution < 1.29 is 8.42 Å². The predicted octanol–water partition coefficient (Wildman–Crippen LogP) is 2.98. The first-order valence-corrected chi connectivity index (χ1v) is 9.10. The van der Waals surface area contributed by atoms with Crippen molar-refractivity contribution in [2.24, 2.45) is 0 Å². The van der Waals surface area contributed by atoms with E-state index in [1.165, 1.54) is 11.4 Å². The zero-order chi connectivity index (χ0) is 17.6. The van der Waals surface area contributed by atoms with Crippen molar-refractivity contribution in [2.45, 2.75) is 4.90 Å². The lowest BCUT2D eigenvalue weighted by Gasteiger charge is -2.19. The van der Waals surface area contributed by atoms with Crippen molar-refractivity contribution in [1.82, 2.24) is 5.32 Å². The van der Waals surface area contributed by atoms with Crippen molar-refractivity contribution in [3.63, 3.8) is 0 Å². The van der Waals surface area contributed by atoms with Crippen LogP contribution in [0.1, 0.15) is 0 Å². The highest BCUT2D eigenvalue weighted by molar-refractivity contribution is 7.92. The number of thiocarbonyl (C=S) groups is 1. The standard InChI is InChI=1S/C17H19N3O2S2/c1-3-13-18-17(23)19-14-9-11-16(12-10-14)24(21,22)20(2)15-7-5-4-6-8-15/h3-12H,1,13H2,2H3,(H2,18,19,23). The molecule has 0 heterocycles. The largest absolute Gasteiger partial charge is 0.359 e. The molecule has 0 aliphatic rings. The molecule has 7 heteroatoms. The number of rotatable bonds is 6. The minimum atomic E-state index is -3.61. The third kappa shape index (κ3) is 4.33. The molecule has 0 fully saturated rings. The van der Waals surface area contributed by atoms with Gasteiger partial charge in [-0.2, -0.15) is 0 Å². The van der Waals surface area contributed by atoms with Gasteiger partial charge in [0.1, 0.15) is 0 Å². The average Bonchev–Trinajstić information content (AvgIpc) is 2.60. The number of para-hydroxylation sites is 1. The second-order valence-electron chi connectivity index (χ2n) is 4.96. The third-order valence-corrected chi connectivity index (χ3v) is 5.34. The molecule has 2 N–H and O–H groups in total. The Kier molecular flexibility index (Phi) is 5.94. The number of hydrogen-bond acceptors (Lipinski definition) is 3. The van der Waals surface area contributed by atoms with E-state index in [1.807, 2.05) is 6.07 Å². The van der Waals surface area contributed by atoms with Crippen LogP contribution in [-0.2, 0) is 10.0 Å². The Hall–Kier alpha value is -2.38. The Morgan fingerprint density at radius 1 is 1.17 bits per heavy atom. The Morgan fingerprint density at radius 3 is 2.38 bits per heavy atom. The Labute approximate surface area is 148 Å². The van der Waals surface area contributed by atoms with Gasteiger partial charge in [0.15, 0.2) is 5.11 Å². The Balaban J connectivity index is 2.14. The molecule has 0 saturated carbocycles. The van der Waals surface area contributed by atoms with E-state index in [-0.39, 0.29) is 4.90 Å². The molecular formula is C17H19N3O2S2. The van der Waals surface area contributed by atoms with E-state index in [4.69, 9.17) is 12.2 Å². The van der Waals surface area contributed by atoms with Gasteiger partial charge in [0, 0.05) is 19.3 Å². The first-order valence-electron chi connectivity index (χ1n) is 7.25. The molecule has 0 aliphatic carbocycles. The van der Waals surface area contributed by atoms with Crippen molar-refractivity contribution in [3.8, 4) is 0 Å². The fourth-order valence-electron chi connectivity index (χ4n) is 1.99. The summed E-state index contributed by atoms with van der Waals surface area (Å²) in [5.41, 5.74) is 1.31. The fraction of sp³-hybridized carbons (Fsp3) is 0.118. The van der Waals surface area contributed by atoms with Crippen LogP contribution in [0.3, 0.4) is 0 Å². The van der Waals surface area contributed by atoms with Crippen LogP contribution in [0.4, 0.5) is 11.4 Å². The molecule has 0 aliphatic heterocycles. The van der Waals surface area contributed by atoms with Crippen LogP contribution >= 0.6 is 12.2 Å². The van der Waals surface area contributed by atoms with Gasteiger partial charge in [-0.15, -0.1) is 6.58 Å². The van der Waals surface area contributed by atoms with E-state index in [0.29, 0.717) is 23.0 Å². The molecule has 5 nitrogen and oxygen atoms in total. The molecule has 0 spiro atoms. The van der Waals surface area contributed by atoms with Crippen LogP contribution in [0.15, 0.2) is 72.1 Å². The van der Waals surface area contributed by atoms with Crippen LogP contribution in [-0.4, -0.2) is 27.1 Å². The molecule has 0 unspecified atom stereocenters. The van der Waals surface area contributed by atoms with Gasteiger partial charge in [-0.3, -0.25) is 4.31 Å². The molecule has 0 radical (unpaired) electrons. The molecule has 0 bridgehead atoms. The Bertz CT molecular complexity index is 803. The fourth-order valence-corrected chi connectivity index (χ4v) is 3.38. The lowest BCUT2D eigenvalue weighted by molar-refractivity contribution is 0.594. The summed E-state index contributed by atoms with van der Waals surface area (Å²) in [6.07, 6.45) is 1.70. The Morgan fingerprint density at radius 2 is 1.79 bits per heavy atom. The number of anilines is 2. The molecule has 24 heavy (non-hydrogen) atoms. The van der Waals surface area contributed by atoms with E-state index in [2.05, 4.69) is 17.2 Å². The van der Waals surface area contributed by atoms with Gasteiger partial charge in [0.2, 0.25) is 0 Å². The second-order valence-corrected chi connectivity index (χ2v) is 7.33. The lowest BCUT2D eigenvalue weighted by atomic mass is 10.3. The summed E-state index contributed by atoms with van der Waals surface area (Å²) < 4.78 is 26.6. The van der Waals surface area contributed by atoms with Gasteiger partial charge in [-0.1, -0.05) is 24.3 Å². The number of sulfonamides is 1. The van der Waals surface area contributed by atoms with Gasteiger partial charge in [-0.05, 0) is 48.6 Å². The summed E-state index contributed by atoms with van der Waals surface area (Å²) >= 11 is 5.12.